The largest absolute Gasteiger partial charge is 0.396 e. The molecule has 0 bridgehead atoms. The molecule has 1 saturated carbocycles. The van der Waals surface area contributed by atoms with E-state index in [9.17, 15) is 5.11 Å². The van der Waals surface area contributed by atoms with Gasteiger partial charge in [-0.05, 0) is 37.0 Å². The van der Waals surface area contributed by atoms with Gasteiger partial charge in [-0.25, -0.2) is 0 Å². The van der Waals surface area contributed by atoms with Crippen LogP contribution in [-0.2, 0) is 0 Å². The molecule has 0 heterocycles. The first-order chi connectivity index (χ1) is 7.14. The van der Waals surface area contributed by atoms with Gasteiger partial charge in [0.2, 0.25) is 0 Å². The van der Waals surface area contributed by atoms with Gasteiger partial charge in [-0.3, -0.25) is 0 Å². The van der Waals surface area contributed by atoms with Crippen LogP contribution in [0, 0.1) is 11.3 Å². The Morgan fingerprint density at radius 2 is 2.13 bits per heavy atom. The lowest BCUT2D eigenvalue weighted by atomic mass is 9.71. The van der Waals surface area contributed by atoms with Gasteiger partial charge in [-0.1, -0.05) is 33.1 Å². The third-order valence-electron chi connectivity index (χ3n) is 4.34. The Bertz CT molecular complexity index is 183. The first-order valence-electron chi connectivity index (χ1n) is 6.51. The van der Waals surface area contributed by atoms with Crippen molar-refractivity contribution in [2.45, 2.75) is 64.8 Å². The highest BCUT2D eigenvalue weighted by Gasteiger charge is 2.36. The van der Waals surface area contributed by atoms with Gasteiger partial charge in [0.15, 0.2) is 0 Å². The summed E-state index contributed by atoms with van der Waals surface area (Å²) in [5, 5.41) is 9.23. The molecule has 0 radical (unpaired) electrons. The van der Waals surface area contributed by atoms with E-state index in [2.05, 4.69) is 13.8 Å². The van der Waals surface area contributed by atoms with E-state index in [-0.39, 0.29) is 11.5 Å². The van der Waals surface area contributed by atoms with Crippen molar-refractivity contribution in [1.29, 1.82) is 0 Å². The number of aliphatic hydroxyl groups is 1. The van der Waals surface area contributed by atoms with Crippen LogP contribution in [0.5, 0.6) is 0 Å². The van der Waals surface area contributed by atoms with Crippen LogP contribution in [0.4, 0.5) is 0 Å². The van der Waals surface area contributed by atoms with Crippen molar-refractivity contribution in [1.82, 2.24) is 0 Å². The van der Waals surface area contributed by atoms with Crippen LogP contribution >= 0.6 is 0 Å². The van der Waals surface area contributed by atoms with Crippen molar-refractivity contribution in [3.05, 3.63) is 0 Å². The first-order valence-corrected chi connectivity index (χ1v) is 6.51. The van der Waals surface area contributed by atoms with E-state index in [4.69, 9.17) is 5.73 Å². The Hall–Kier alpha value is -0.0800. The summed E-state index contributed by atoms with van der Waals surface area (Å²) in [7, 11) is 0. The summed E-state index contributed by atoms with van der Waals surface area (Å²) in [5.41, 5.74) is 6.50. The zero-order chi connectivity index (χ0) is 11.3. The molecule has 0 aromatic rings. The third-order valence-corrected chi connectivity index (χ3v) is 4.34. The fraction of sp³-hybridized carbons (Fsp3) is 1.00. The number of nitrogens with two attached hydrogens (primary N) is 1. The molecule has 3 N–H and O–H groups in total. The van der Waals surface area contributed by atoms with E-state index in [1.807, 2.05) is 0 Å². The predicted molar refractivity (Wildman–Crippen MR) is 64.7 cm³/mol. The summed E-state index contributed by atoms with van der Waals surface area (Å²) in [6.45, 7) is 4.80. The predicted octanol–water partition coefficient (Wildman–Crippen LogP) is 2.69. The normalized spacial score (nSPS) is 34.8. The third kappa shape index (κ3) is 3.18. The highest BCUT2D eigenvalue weighted by atomic mass is 16.3. The first kappa shape index (κ1) is 13.0. The standard InChI is InChI=1S/C13H27NO/c1-3-12(14)13(9-10-15)7-4-5-11(2)6-8-13/h11-12,15H,3-10,14H2,1-2H3. The second kappa shape index (κ2) is 5.86. The summed E-state index contributed by atoms with van der Waals surface area (Å²) < 4.78 is 0. The minimum absolute atomic E-state index is 0.230. The van der Waals surface area contributed by atoms with Crippen molar-refractivity contribution in [3.8, 4) is 0 Å². The van der Waals surface area contributed by atoms with Crippen molar-refractivity contribution >= 4 is 0 Å². The monoisotopic (exact) mass is 213 g/mol. The molecular formula is C13H27NO. The second-order valence-electron chi connectivity index (χ2n) is 5.39. The van der Waals surface area contributed by atoms with Crippen molar-refractivity contribution in [3.63, 3.8) is 0 Å². The summed E-state index contributed by atoms with van der Waals surface area (Å²) in [4.78, 5) is 0. The van der Waals surface area contributed by atoms with Gasteiger partial charge < -0.3 is 10.8 Å². The Morgan fingerprint density at radius 3 is 2.73 bits per heavy atom. The fourth-order valence-corrected chi connectivity index (χ4v) is 3.07. The molecule has 0 aromatic carbocycles. The van der Waals surface area contributed by atoms with E-state index in [0.29, 0.717) is 6.61 Å². The molecule has 3 unspecified atom stereocenters. The average molecular weight is 213 g/mol. The Kier molecular flexibility index (Phi) is 5.07. The molecule has 0 spiro atoms. The highest BCUT2D eigenvalue weighted by Crippen LogP contribution is 2.42. The maximum Gasteiger partial charge on any atom is 0.0436 e. The number of hydrogen-bond donors (Lipinski definition) is 2. The average Bonchev–Trinajstić information content (AvgIpc) is 2.42. The minimum Gasteiger partial charge on any atom is -0.396 e. The summed E-state index contributed by atoms with van der Waals surface area (Å²) >= 11 is 0. The molecule has 0 saturated heterocycles. The van der Waals surface area contributed by atoms with Crippen molar-refractivity contribution < 1.29 is 5.11 Å². The molecule has 0 aliphatic heterocycles. The Morgan fingerprint density at radius 1 is 1.40 bits per heavy atom. The summed E-state index contributed by atoms with van der Waals surface area (Å²) in [6, 6.07) is 0.273. The van der Waals surface area contributed by atoms with E-state index < -0.39 is 0 Å². The molecule has 0 aromatic heterocycles. The van der Waals surface area contributed by atoms with Crippen LogP contribution < -0.4 is 5.73 Å². The zero-order valence-corrected chi connectivity index (χ0v) is 10.3. The molecule has 15 heavy (non-hydrogen) atoms. The molecular weight excluding hydrogens is 186 g/mol. The smallest absolute Gasteiger partial charge is 0.0436 e. The fourth-order valence-electron chi connectivity index (χ4n) is 3.07. The van der Waals surface area contributed by atoms with Gasteiger partial charge in [0.25, 0.3) is 0 Å². The maximum absolute atomic E-state index is 9.23. The van der Waals surface area contributed by atoms with Crippen molar-refractivity contribution in [2.24, 2.45) is 17.1 Å². The number of aliphatic hydroxyl groups excluding tert-OH is 1. The molecule has 90 valence electrons. The van der Waals surface area contributed by atoms with E-state index in [0.717, 1.165) is 18.8 Å². The van der Waals surface area contributed by atoms with Crippen LogP contribution in [0.15, 0.2) is 0 Å². The maximum atomic E-state index is 9.23. The topological polar surface area (TPSA) is 46.2 Å². The number of rotatable bonds is 4. The molecule has 1 rings (SSSR count). The van der Waals surface area contributed by atoms with Gasteiger partial charge in [-0.15, -0.1) is 0 Å². The lowest BCUT2D eigenvalue weighted by molar-refractivity contribution is 0.123. The Balaban J connectivity index is 2.70. The van der Waals surface area contributed by atoms with Gasteiger partial charge in [0, 0.05) is 12.6 Å². The minimum atomic E-state index is 0.230. The van der Waals surface area contributed by atoms with E-state index in [1.165, 1.54) is 32.1 Å². The molecule has 3 atom stereocenters. The van der Waals surface area contributed by atoms with Crippen LogP contribution in [0.25, 0.3) is 0 Å². The van der Waals surface area contributed by atoms with Gasteiger partial charge in [-0.2, -0.15) is 0 Å². The molecule has 0 amide bonds. The summed E-state index contributed by atoms with van der Waals surface area (Å²) in [6.07, 6.45) is 8.27. The van der Waals surface area contributed by atoms with E-state index >= 15 is 0 Å². The molecule has 2 nitrogen and oxygen atoms in total. The molecule has 2 heteroatoms. The quantitative estimate of drug-likeness (QED) is 0.705. The number of hydrogen-bond acceptors (Lipinski definition) is 2. The lowest BCUT2D eigenvalue weighted by Crippen LogP contribution is -2.41. The van der Waals surface area contributed by atoms with E-state index in [1.54, 1.807) is 0 Å². The zero-order valence-electron chi connectivity index (χ0n) is 10.3. The molecule has 1 aliphatic rings. The molecule has 1 aliphatic carbocycles. The molecule has 1 fully saturated rings. The SMILES string of the molecule is CCC(N)C1(CCO)CCCC(C)CC1. The van der Waals surface area contributed by atoms with Gasteiger partial charge in [0.1, 0.15) is 0 Å². The van der Waals surface area contributed by atoms with Gasteiger partial charge >= 0.3 is 0 Å². The summed E-state index contributed by atoms with van der Waals surface area (Å²) in [5.74, 6) is 0.842. The lowest BCUT2D eigenvalue weighted by Gasteiger charge is -2.38. The Labute approximate surface area is 94.2 Å². The highest BCUT2D eigenvalue weighted by molar-refractivity contribution is 4.90. The van der Waals surface area contributed by atoms with Gasteiger partial charge in [0.05, 0.1) is 0 Å². The van der Waals surface area contributed by atoms with Crippen LogP contribution in [0.2, 0.25) is 0 Å². The second-order valence-corrected chi connectivity index (χ2v) is 5.39. The van der Waals surface area contributed by atoms with Crippen LogP contribution in [0.3, 0.4) is 0 Å². The van der Waals surface area contributed by atoms with Crippen LogP contribution in [-0.4, -0.2) is 17.8 Å². The van der Waals surface area contributed by atoms with Crippen molar-refractivity contribution in [2.75, 3.05) is 6.61 Å². The van der Waals surface area contributed by atoms with Crippen LogP contribution in [0.1, 0.15) is 58.8 Å².